The monoisotopic (exact) mass is 312 g/mol. The Morgan fingerprint density at radius 3 is 2.04 bits per heavy atom. The first-order chi connectivity index (χ1) is 11.7. The summed E-state index contributed by atoms with van der Waals surface area (Å²) in [6.45, 7) is 2.08. The van der Waals surface area contributed by atoms with E-state index in [2.05, 4.69) is 53.3 Å². The van der Waals surface area contributed by atoms with Crippen LogP contribution in [0.5, 0.6) is 0 Å². The zero-order valence-corrected chi connectivity index (χ0v) is 13.3. The lowest BCUT2D eigenvalue weighted by atomic mass is 10.0. The highest BCUT2D eigenvalue weighted by Gasteiger charge is 2.06. The van der Waals surface area contributed by atoms with E-state index in [-0.39, 0.29) is 5.56 Å². The molecule has 4 aromatic rings. The van der Waals surface area contributed by atoms with E-state index in [1.807, 2.05) is 30.3 Å². The van der Waals surface area contributed by atoms with Gasteiger partial charge in [0, 0.05) is 5.56 Å². The zero-order chi connectivity index (χ0) is 16.5. The van der Waals surface area contributed by atoms with Crippen molar-refractivity contribution in [3.63, 3.8) is 0 Å². The van der Waals surface area contributed by atoms with Gasteiger partial charge in [-0.05, 0) is 30.2 Å². The van der Waals surface area contributed by atoms with Gasteiger partial charge in [0.2, 0.25) is 0 Å². The molecule has 0 aliphatic carbocycles. The Hall–Kier alpha value is -3.20. The average Bonchev–Trinajstić information content (AvgIpc) is 2.62. The number of nitrogens with one attached hydrogen (secondary N) is 1. The number of H-pyrrole nitrogens is 1. The Morgan fingerprint density at radius 2 is 1.33 bits per heavy atom. The first-order valence-electron chi connectivity index (χ1n) is 7.87. The van der Waals surface area contributed by atoms with Crippen LogP contribution in [0, 0.1) is 6.92 Å². The predicted octanol–water partition coefficient (Wildman–Crippen LogP) is 4.57. The van der Waals surface area contributed by atoms with Crippen LogP contribution < -0.4 is 5.56 Å². The molecule has 0 bridgehead atoms. The number of hydrogen-bond acceptors (Lipinski definition) is 2. The average molecular weight is 312 g/mol. The van der Waals surface area contributed by atoms with E-state index in [0.717, 1.165) is 11.1 Å². The molecule has 1 N–H and O–H groups in total. The fourth-order valence-electron chi connectivity index (χ4n) is 2.79. The van der Waals surface area contributed by atoms with Crippen molar-refractivity contribution in [2.75, 3.05) is 0 Å². The second-order valence-corrected chi connectivity index (χ2v) is 5.88. The number of aromatic nitrogens is 2. The van der Waals surface area contributed by atoms with Gasteiger partial charge in [-0.15, -0.1) is 0 Å². The van der Waals surface area contributed by atoms with Crippen LogP contribution in [0.4, 0.5) is 0 Å². The molecule has 24 heavy (non-hydrogen) atoms. The first-order valence-corrected chi connectivity index (χ1v) is 7.87. The number of rotatable bonds is 2. The normalized spacial score (nSPS) is 10.9. The minimum atomic E-state index is -0.113. The lowest BCUT2D eigenvalue weighted by Gasteiger charge is -2.06. The summed E-state index contributed by atoms with van der Waals surface area (Å²) in [5, 5.41) is 0.609. The number of hydrogen-bond donors (Lipinski definition) is 1. The Kier molecular flexibility index (Phi) is 3.47. The number of benzene rings is 3. The van der Waals surface area contributed by atoms with Gasteiger partial charge in [-0.3, -0.25) is 4.79 Å². The van der Waals surface area contributed by atoms with Gasteiger partial charge >= 0.3 is 0 Å². The van der Waals surface area contributed by atoms with Crippen molar-refractivity contribution >= 4 is 10.9 Å². The fourth-order valence-corrected chi connectivity index (χ4v) is 2.79. The van der Waals surface area contributed by atoms with Gasteiger partial charge in [0.15, 0.2) is 0 Å². The van der Waals surface area contributed by atoms with Crippen molar-refractivity contribution < 1.29 is 0 Å². The first kappa shape index (κ1) is 14.4. The molecular weight excluding hydrogens is 296 g/mol. The van der Waals surface area contributed by atoms with Gasteiger partial charge < -0.3 is 4.98 Å². The van der Waals surface area contributed by atoms with Crippen LogP contribution in [0.2, 0.25) is 0 Å². The van der Waals surface area contributed by atoms with Crippen molar-refractivity contribution in [3.8, 4) is 22.5 Å². The maximum Gasteiger partial charge on any atom is 0.259 e. The highest BCUT2D eigenvalue weighted by molar-refractivity contribution is 5.79. The Labute approximate surface area is 139 Å². The third-order valence-corrected chi connectivity index (χ3v) is 4.16. The molecule has 1 heterocycles. The molecule has 0 saturated heterocycles. The number of aromatic amines is 1. The maximum atomic E-state index is 12.2. The second kappa shape index (κ2) is 5.78. The Balaban J connectivity index is 1.75. The summed E-state index contributed by atoms with van der Waals surface area (Å²) in [5.74, 6) is 0.592. The second-order valence-electron chi connectivity index (χ2n) is 5.88. The molecule has 0 spiro atoms. The lowest BCUT2D eigenvalue weighted by Crippen LogP contribution is -2.09. The van der Waals surface area contributed by atoms with Crippen molar-refractivity contribution in [2.45, 2.75) is 6.92 Å². The molecule has 0 saturated carbocycles. The lowest BCUT2D eigenvalue weighted by molar-refractivity contribution is 1.18. The zero-order valence-electron chi connectivity index (χ0n) is 13.3. The van der Waals surface area contributed by atoms with Gasteiger partial charge in [-0.1, -0.05) is 66.2 Å². The minimum Gasteiger partial charge on any atom is -0.306 e. The molecular formula is C21H16N2O. The highest BCUT2D eigenvalue weighted by atomic mass is 16.1. The SMILES string of the molecule is Cc1ccc(-c2ccc(-c3nc4ccccc4c(=O)[nH]3)cc2)cc1. The molecule has 0 atom stereocenters. The Morgan fingerprint density at radius 1 is 0.750 bits per heavy atom. The molecule has 3 heteroatoms. The molecule has 0 aliphatic rings. The quantitative estimate of drug-likeness (QED) is 0.589. The number of nitrogens with zero attached hydrogens (tertiary/aromatic N) is 1. The van der Waals surface area contributed by atoms with E-state index < -0.39 is 0 Å². The molecule has 0 fully saturated rings. The molecule has 4 rings (SSSR count). The van der Waals surface area contributed by atoms with Crippen LogP contribution in [0.3, 0.4) is 0 Å². The summed E-state index contributed by atoms with van der Waals surface area (Å²) in [4.78, 5) is 19.6. The largest absolute Gasteiger partial charge is 0.306 e. The van der Waals surface area contributed by atoms with E-state index in [9.17, 15) is 4.79 Å². The van der Waals surface area contributed by atoms with Crippen LogP contribution in [-0.2, 0) is 0 Å². The van der Waals surface area contributed by atoms with Crippen LogP contribution in [0.1, 0.15) is 5.56 Å². The summed E-state index contributed by atoms with van der Waals surface area (Å²) in [6.07, 6.45) is 0. The van der Waals surface area contributed by atoms with E-state index >= 15 is 0 Å². The third kappa shape index (κ3) is 2.61. The van der Waals surface area contributed by atoms with E-state index in [1.165, 1.54) is 11.1 Å². The van der Waals surface area contributed by atoms with Crippen LogP contribution in [-0.4, -0.2) is 9.97 Å². The number of fused-ring (bicyclic) bond motifs is 1. The van der Waals surface area contributed by atoms with Crippen molar-refractivity contribution in [2.24, 2.45) is 0 Å². The molecule has 0 radical (unpaired) electrons. The molecule has 0 amide bonds. The van der Waals surface area contributed by atoms with Gasteiger partial charge in [-0.2, -0.15) is 0 Å². The number of aryl methyl sites for hydroxylation is 1. The minimum absolute atomic E-state index is 0.113. The van der Waals surface area contributed by atoms with Crippen LogP contribution in [0.15, 0.2) is 77.6 Å². The summed E-state index contributed by atoms with van der Waals surface area (Å²) in [7, 11) is 0. The number of para-hydroxylation sites is 1. The summed E-state index contributed by atoms with van der Waals surface area (Å²) in [6, 6.07) is 23.9. The Bertz CT molecular complexity index is 1060. The molecule has 0 unspecified atom stereocenters. The van der Waals surface area contributed by atoms with Gasteiger partial charge in [-0.25, -0.2) is 4.98 Å². The smallest absolute Gasteiger partial charge is 0.259 e. The van der Waals surface area contributed by atoms with Crippen LogP contribution in [0.25, 0.3) is 33.4 Å². The maximum absolute atomic E-state index is 12.2. The van der Waals surface area contributed by atoms with Gasteiger partial charge in [0.05, 0.1) is 10.9 Å². The van der Waals surface area contributed by atoms with Gasteiger partial charge in [0.1, 0.15) is 5.82 Å². The van der Waals surface area contributed by atoms with Crippen molar-refractivity contribution in [1.29, 1.82) is 0 Å². The van der Waals surface area contributed by atoms with Crippen molar-refractivity contribution in [1.82, 2.24) is 9.97 Å². The molecule has 0 aliphatic heterocycles. The van der Waals surface area contributed by atoms with Gasteiger partial charge in [0.25, 0.3) is 5.56 Å². The molecule has 3 nitrogen and oxygen atoms in total. The summed E-state index contributed by atoms with van der Waals surface area (Å²) < 4.78 is 0. The van der Waals surface area contributed by atoms with E-state index in [0.29, 0.717) is 16.7 Å². The predicted molar refractivity (Wildman–Crippen MR) is 98.0 cm³/mol. The fraction of sp³-hybridized carbons (Fsp3) is 0.0476. The summed E-state index contributed by atoms with van der Waals surface area (Å²) in [5.41, 5.74) is 5.05. The van der Waals surface area contributed by atoms with E-state index in [1.54, 1.807) is 6.07 Å². The van der Waals surface area contributed by atoms with Crippen molar-refractivity contribution in [3.05, 3.63) is 88.7 Å². The molecule has 116 valence electrons. The molecule has 3 aromatic carbocycles. The summed E-state index contributed by atoms with van der Waals surface area (Å²) >= 11 is 0. The third-order valence-electron chi connectivity index (χ3n) is 4.16. The standard InChI is InChI=1S/C21H16N2O/c1-14-6-8-15(9-7-14)16-10-12-17(13-11-16)20-22-19-5-3-2-4-18(19)21(24)23-20/h2-13H,1H3,(H,22,23,24). The highest BCUT2D eigenvalue weighted by Crippen LogP contribution is 2.23. The van der Waals surface area contributed by atoms with Crippen LogP contribution >= 0.6 is 0 Å². The topological polar surface area (TPSA) is 45.8 Å². The molecule has 1 aromatic heterocycles. The van der Waals surface area contributed by atoms with E-state index in [4.69, 9.17) is 0 Å².